The number of aromatic hydroxyl groups is 1. The Morgan fingerprint density at radius 3 is 2.67 bits per heavy atom. The van der Waals surface area contributed by atoms with Gasteiger partial charge < -0.3 is 19.8 Å². The molecule has 0 spiro atoms. The van der Waals surface area contributed by atoms with Crippen molar-refractivity contribution in [3.63, 3.8) is 0 Å². The van der Waals surface area contributed by atoms with Crippen LogP contribution in [0.4, 0.5) is 0 Å². The highest BCUT2D eigenvalue weighted by Crippen LogP contribution is 2.32. The maximum atomic E-state index is 12.5. The first kappa shape index (κ1) is 15.2. The smallest absolute Gasteiger partial charge is 0.311 e. The summed E-state index contributed by atoms with van der Waals surface area (Å²) in [5, 5.41) is 19.2. The van der Waals surface area contributed by atoms with Gasteiger partial charge in [-0.1, -0.05) is 0 Å². The van der Waals surface area contributed by atoms with E-state index in [1.807, 2.05) is 0 Å². The molecule has 0 aliphatic carbocycles. The van der Waals surface area contributed by atoms with Gasteiger partial charge in [-0.25, -0.2) is 0 Å². The average Bonchev–Trinajstić information content (AvgIpc) is 2.46. The lowest BCUT2D eigenvalue weighted by molar-refractivity contribution is -0.150. The number of carbonyl (C=O) groups is 2. The number of methoxy groups -OCH3 is 1. The van der Waals surface area contributed by atoms with Crippen molar-refractivity contribution >= 4 is 11.9 Å². The van der Waals surface area contributed by atoms with Crippen molar-refractivity contribution in [3.8, 4) is 11.5 Å². The van der Waals surface area contributed by atoms with Gasteiger partial charge in [0, 0.05) is 19.2 Å². The van der Waals surface area contributed by atoms with Crippen molar-refractivity contribution in [1.82, 2.24) is 4.90 Å². The average molecular weight is 293 g/mol. The van der Waals surface area contributed by atoms with Crippen molar-refractivity contribution in [3.05, 3.63) is 23.8 Å². The zero-order valence-electron chi connectivity index (χ0n) is 12.1. The fraction of sp³-hybridized carbons (Fsp3) is 0.467. The number of phenols is 1. The fourth-order valence-electron chi connectivity index (χ4n) is 2.58. The summed E-state index contributed by atoms with van der Waals surface area (Å²) in [5.41, 5.74) is -0.777. The molecule has 1 atom stereocenters. The zero-order chi connectivity index (χ0) is 15.6. The normalized spacial score (nSPS) is 21.9. The number of carboxylic acid groups (broad SMARTS) is 1. The van der Waals surface area contributed by atoms with Gasteiger partial charge in [0.05, 0.1) is 18.1 Å². The van der Waals surface area contributed by atoms with E-state index in [9.17, 15) is 19.8 Å². The zero-order valence-corrected chi connectivity index (χ0v) is 12.1. The number of phenolic OH excluding ortho intramolecular Hbond substituents is 1. The van der Waals surface area contributed by atoms with Crippen molar-refractivity contribution < 1.29 is 24.5 Å². The predicted molar refractivity (Wildman–Crippen MR) is 75.5 cm³/mol. The Hall–Kier alpha value is -2.24. The number of piperidine rings is 1. The van der Waals surface area contributed by atoms with Crippen LogP contribution in [0.2, 0.25) is 0 Å². The lowest BCUT2D eigenvalue weighted by Crippen LogP contribution is -2.48. The number of likely N-dealkylation sites (tertiary alicyclic amines) is 1. The summed E-state index contributed by atoms with van der Waals surface area (Å²) >= 11 is 0. The van der Waals surface area contributed by atoms with Crippen LogP contribution in [0, 0.1) is 5.41 Å². The van der Waals surface area contributed by atoms with E-state index >= 15 is 0 Å². The molecule has 0 saturated carbocycles. The molecule has 2 N–H and O–H groups in total. The summed E-state index contributed by atoms with van der Waals surface area (Å²) in [6, 6.07) is 4.45. The minimum Gasteiger partial charge on any atom is -0.507 e. The highest BCUT2D eigenvalue weighted by molar-refractivity contribution is 5.97. The largest absolute Gasteiger partial charge is 0.507 e. The first-order chi connectivity index (χ1) is 9.87. The van der Waals surface area contributed by atoms with Crippen LogP contribution in [0.5, 0.6) is 11.5 Å². The molecule has 21 heavy (non-hydrogen) atoms. The number of hydrogen-bond acceptors (Lipinski definition) is 4. The minimum atomic E-state index is -0.935. The summed E-state index contributed by atoms with van der Waals surface area (Å²) in [6.07, 6.45) is 1.17. The first-order valence-corrected chi connectivity index (χ1v) is 6.77. The second-order valence-electron chi connectivity index (χ2n) is 5.58. The van der Waals surface area contributed by atoms with Crippen LogP contribution < -0.4 is 4.74 Å². The Balaban J connectivity index is 2.22. The number of carbonyl (C=O) groups excluding carboxylic acids is 1. The van der Waals surface area contributed by atoms with E-state index < -0.39 is 11.4 Å². The topological polar surface area (TPSA) is 87.1 Å². The van der Waals surface area contributed by atoms with Crippen LogP contribution in [0.15, 0.2) is 18.2 Å². The Kier molecular flexibility index (Phi) is 4.06. The molecule has 1 saturated heterocycles. The third kappa shape index (κ3) is 2.94. The molecule has 1 aliphatic rings. The third-order valence-corrected chi connectivity index (χ3v) is 3.94. The highest BCUT2D eigenvalue weighted by atomic mass is 16.5. The minimum absolute atomic E-state index is 0.145. The SMILES string of the molecule is COc1ccc(C(=O)N2CCCC(C)(C(=O)O)C2)c(O)c1. The molecule has 6 nitrogen and oxygen atoms in total. The van der Waals surface area contributed by atoms with E-state index in [4.69, 9.17) is 4.74 Å². The molecule has 6 heteroatoms. The van der Waals surface area contributed by atoms with Gasteiger partial charge in [0.25, 0.3) is 5.91 Å². The van der Waals surface area contributed by atoms with Gasteiger partial charge in [-0.3, -0.25) is 9.59 Å². The quantitative estimate of drug-likeness (QED) is 0.886. The lowest BCUT2D eigenvalue weighted by atomic mass is 9.82. The molecule has 1 aliphatic heterocycles. The number of hydrogen-bond donors (Lipinski definition) is 2. The summed E-state index contributed by atoms with van der Waals surface area (Å²) in [5.74, 6) is -0.971. The number of rotatable bonds is 3. The Bertz CT molecular complexity index is 571. The van der Waals surface area contributed by atoms with Gasteiger partial charge in [-0.15, -0.1) is 0 Å². The molecule has 114 valence electrons. The highest BCUT2D eigenvalue weighted by Gasteiger charge is 2.39. The maximum absolute atomic E-state index is 12.5. The molecule has 1 unspecified atom stereocenters. The second-order valence-corrected chi connectivity index (χ2v) is 5.58. The Morgan fingerprint density at radius 2 is 2.10 bits per heavy atom. The van der Waals surface area contributed by atoms with E-state index in [2.05, 4.69) is 0 Å². The molecule has 1 fully saturated rings. The van der Waals surface area contributed by atoms with Gasteiger partial charge in [0.1, 0.15) is 11.5 Å². The van der Waals surface area contributed by atoms with Crippen molar-refractivity contribution in [2.75, 3.05) is 20.2 Å². The van der Waals surface area contributed by atoms with Crippen LogP contribution in [-0.4, -0.2) is 47.2 Å². The maximum Gasteiger partial charge on any atom is 0.311 e. The van der Waals surface area contributed by atoms with Gasteiger partial charge in [-0.2, -0.15) is 0 Å². The number of carboxylic acids is 1. The van der Waals surface area contributed by atoms with E-state index in [1.165, 1.54) is 24.1 Å². The molecular formula is C15H19NO5. The van der Waals surface area contributed by atoms with E-state index in [-0.39, 0.29) is 23.8 Å². The summed E-state index contributed by atoms with van der Waals surface area (Å²) < 4.78 is 4.98. The number of amides is 1. The molecule has 0 radical (unpaired) electrons. The van der Waals surface area contributed by atoms with Gasteiger partial charge in [0.2, 0.25) is 0 Å². The molecule has 0 aromatic heterocycles. The summed E-state index contributed by atoms with van der Waals surface area (Å²) in [6.45, 7) is 2.28. The van der Waals surface area contributed by atoms with Gasteiger partial charge >= 0.3 is 5.97 Å². The van der Waals surface area contributed by atoms with E-state index in [0.717, 1.165) is 0 Å². The van der Waals surface area contributed by atoms with Crippen molar-refractivity contribution in [2.45, 2.75) is 19.8 Å². The predicted octanol–water partition coefficient (Wildman–Crippen LogP) is 1.73. The molecule has 0 bridgehead atoms. The first-order valence-electron chi connectivity index (χ1n) is 6.77. The Labute approximate surface area is 122 Å². The van der Waals surface area contributed by atoms with E-state index in [1.54, 1.807) is 13.0 Å². The van der Waals surface area contributed by atoms with Crippen LogP contribution in [0.3, 0.4) is 0 Å². The fourth-order valence-corrected chi connectivity index (χ4v) is 2.58. The number of benzene rings is 1. The summed E-state index contributed by atoms with van der Waals surface area (Å²) in [4.78, 5) is 25.3. The molecule has 1 amide bonds. The number of ether oxygens (including phenoxy) is 1. The summed E-state index contributed by atoms with van der Waals surface area (Å²) in [7, 11) is 1.47. The van der Waals surface area contributed by atoms with Gasteiger partial charge in [-0.05, 0) is 31.9 Å². The number of nitrogens with zero attached hydrogens (tertiary/aromatic N) is 1. The molecule has 1 heterocycles. The van der Waals surface area contributed by atoms with Crippen molar-refractivity contribution in [2.24, 2.45) is 5.41 Å². The van der Waals surface area contributed by atoms with Crippen LogP contribution >= 0.6 is 0 Å². The lowest BCUT2D eigenvalue weighted by Gasteiger charge is -2.37. The number of aliphatic carboxylic acids is 1. The van der Waals surface area contributed by atoms with Crippen molar-refractivity contribution in [1.29, 1.82) is 0 Å². The monoisotopic (exact) mass is 293 g/mol. The van der Waals surface area contributed by atoms with Crippen LogP contribution in [-0.2, 0) is 4.79 Å². The molecular weight excluding hydrogens is 274 g/mol. The Morgan fingerprint density at radius 1 is 1.38 bits per heavy atom. The van der Waals surface area contributed by atoms with Gasteiger partial charge in [0.15, 0.2) is 0 Å². The standard InChI is InChI=1S/C15H19NO5/c1-15(14(19)20)6-3-7-16(9-15)13(18)11-5-4-10(21-2)8-12(11)17/h4-5,8,17H,3,6-7,9H2,1-2H3,(H,19,20). The van der Waals surface area contributed by atoms with Crippen LogP contribution in [0.25, 0.3) is 0 Å². The third-order valence-electron chi connectivity index (χ3n) is 3.94. The molecule has 1 aromatic rings. The van der Waals surface area contributed by atoms with E-state index in [0.29, 0.717) is 25.1 Å². The van der Waals surface area contributed by atoms with Crippen LogP contribution in [0.1, 0.15) is 30.1 Å². The second kappa shape index (κ2) is 5.63. The molecule has 2 rings (SSSR count). The molecule has 1 aromatic carbocycles.